The van der Waals surface area contributed by atoms with Crippen molar-refractivity contribution >= 4 is 21.8 Å². The zero-order chi connectivity index (χ0) is 13.5. The summed E-state index contributed by atoms with van der Waals surface area (Å²) in [7, 11) is 0. The number of carbonyl (C=O) groups is 1. The number of benzene rings is 1. The Bertz CT molecular complexity index is 364. The molecule has 0 unspecified atom stereocenters. The highest BCUT2D eigenvalue weighted by molar-refractivity contribution is 9.10. The summed E-state index contributed by atoms with van der Waals surface area (Å²) in [6.45, 7) is 7.44. The second kappa shape index (κ2) is 7.45. The average molecular weight is 302 g/mol. The van der Waals surface area contributed by atoms with Gasteiger partial charge in [0.2, 0.25) is 0 Å². The lowest BCUT2D eigenvalue weighted by Gasteiger charge is -2.23. The summed E-state index contributed by atoms with van der Waals surface area (Å²) < 4.78 is 0.858. The Hall–Kier alpha value is -0.870. The van der Waals surface area contributed by atoms with Crippen LogP contribution in [0.2, 0.25) is 0 Å². The maximum Gasteiger partial charge on any atom is 0.251 e. The fourth-order valence-corrected chi connectivity index (χ4v) is 1.45. The SMILES string of the molecule is CC.CC(C)(CO)NC(=O)c1cccc(Br)c1. The molecule has 0 heterocycles. The molecule has 96 valence electrons. The minimum absolute atomic E-state index is 0.0905. The topological polar surface area (TPSA) is 49.3 Å². The first-order valence-electron chi connectivity index (χ1n) is 5.63. The van der Waals surface area contributed by atoms with Crippen molar-refractivity contribution in [1.82, 2.24) is 5.32 Å². The van der Waals surface area contributed by atoms with Crippen LogP contribution in [0.3, 0.4) is 0 Å². The monoisotopic (exact) mass is 301 g/mol. The van der Waals surface area contributed by atoms with Gasteiger partial charge < -0.3 is 10.4 Å². The molecule has 1 aromatic rings. The van der Waals surface area contributed by atoms with Gasteiger partial charge in [-0.15, -0.1) is 0 Å². The maximum absolute atomic E-state index is 11.7. The van der Waals surface area contributed by atoms with Crippen LogP contribution in [0.5, 0.6) is 0 Å². The first-order valence-corrected chi connectivity index (χ1v) is 6.43. The van der Waals surface area contributed by atoms with E-state index in [4.69, 9.17) is 5.11 Å². The predicted molar refractivity (Wildman–Crippen MR) is 74.1 cm³/mol. The number of aliphatic hydroxyl groups is 1. The number of nitrogens with one attached hydrogen (secondary N) is 1. The average Bonchev–Trinajstić information content (AvgIpc) is 2.31. The van der Waals surface area contributed by atoms with E-state index in [9.17, 15) is 4.79 Å². The van der Waals surface area contributed by atoms with Gasteiger partial charge in [-0.25, -0.2) is 0 Å². The molecule has 0 aliphatic heterocycles. The molecule has 4 heteroatoms. The Kier molecular flexibility index (Phi) is 7.07. The summed E-state index contributed by atoms with van der Waals surface area (Å²) in [4.78, 5) is 11.7. The smallest absolute Gasteiger partial charge is 0.251 e. The van der Waals surface area contributed by atoms with Crippen molar-refractivity contribution in [2.75, 3.05) is 6.61 Å². The molecule has 0 bridgehead atoms. The molecular formula is C13H20BrNO2. The fraction of sp³-hybridized carbons (Fsp3) is 0.462. The second-order valence-electron chi connectivity index (χ2n) is 4.01. The van der Waals surface area contributed by atoms with Gasteiger partial charge >= 0.3 is 0 Å². The molecule has 1 amide bonds. The number of aliphatic hydroxyl groups excluding tert-OH is 1. The summed E-state index contributed by atoms with van der Waals surface area (Å²) in [5.74, 6) is -0.185. The zero-order valence-electron chi connectivity index (χ0n) is 10.7. The van der Waals surface area contributed by atoms with Crippen molar-refractivity contribution in [3.8, 4) is 0 Å². The van der Waals surface area contributed by atoms with E-state index < -0.39 is 5.54 Å². The molecule has 0 aromatic heterocycles. The molecule has 17 heavy (non-hydrogen) atoms. The van der Waals surface area contributed by atoms with Gasteiger partial charge in [-0.1, -0.05) is 35.8 Å². The van der Waals surface area contributed by atoms with Crippen LogP contribution < -0.4 is 5.32 Å². The lowest BCUT2D eigenvalue weighted by Crippen LogP contribution is -2.46. The molecule has 0 atom stereocenters. The highest BCUT2D eigenvalue weighted by Crippen LogP contribution is 2.12. The van der Waals surface area contributed by atoms with E-state index in [2.05, 4.69) is 21.2 Å². The normalized spacial score (nSPS) is 10.2. The Labute approximate surface area is 111 Å². The van der Waals surface area contributed by atoms with Gasteiger partial charge in [0.15, 0.2) is 0 Å². The van der Waals surface area contributed by atoms with E-state index in [-0.39, 0.29) is 12.5 Å². The van der Waals surface area contributed by atoms with Gasteiger partial charge in [0.1, 0.15) is 0 Å². The second-order valence-corrected chi connectivity index (χ2v) is 4.92. The molecule has 1 rings (SSSR count). The lowest BCUT2D eigenvalue weighted by atomic mass is 10.1. The maximum atomic E-state index is 11.7. The van der Waals surface area contributed by atoms with Gasteiger partial charge in [-0.3, -0.25) is 4.79 Å². The lowest BCUT2D eigenvalue weighted by molar-refractivity contribution is 0.0869. The third-order valence-corrected chi connectivity index (χ3v) is 2.43. The summed E-state index contributed by atoms with van der Waals surface area (Å²) in [5, 5.41) is 11.8. The van der Waals surface area contributed by atoms with Crippen molar-refractivity contribution in [1.29, 1.82) is 0 Å². The van der Waals surface area contributed by atoms with E-state index >= 15 is 0 Å². The van der Waals surface area contributed by atoms with Crippen molar-refractivity contribution in [2.24, 2.45) is 0 Å². The van der Waals surface area contributed by atoms with Crippen LogP contribution in [0.1, 0.15) is 38.1 Å². The zero-order valence-corrected chi connectivity index (χ0v) is 12.3. The number of carbonyl (C=O) groups excluding carboxylic acids is 1. The van der Waals surface area contributed by atoms with Crippen LogP contribution in [0.4, 0.5) is 0 Å². The van der Waals surface area contributed by atoms with Crippen molar-refractivity contribution in [3.05, 3.63) is 34.3 Å². The van der Waals surface area contributed by atoms with Crippen LogP contribution in [0.25, 0.3) is 0 Å². The highest BCUT2D eigenvalue weighted by Gasteiger charge is 2.19. The number of rotatable bonds is 3. The van der Waals surface area contributed by atoms with Gasteiger partial charge in [0.05, 0.1) is 12.1 Å². The Balaban J connectivity index is 0.00000121. The molecule has 3 nitrogen and oxygen atoms in total. The molecule has 0 fully saturated rings. The summed E-state index contributed by atoms with van der Waals surface area (Å²) in [6, 6.07) is 7.12. The molecule has 0 aliphatic rings. The van der Waals surface area contributed by atoms with E-state index in [1.807, 2.05) is 19.9 Å². The standard InChI is InChI=1S/C11H14BrNO2.C2H6/c1-11(2,7-14)13-10(15)8-4-3-5-9(12)6-8;1-2/h3-6,14H,7H2,1-2H3,(H,13,15);1-2H3. The van der Waals surface area contributed by atoms with Crippen LogP contribution >= 0.6 is 15.9 Å². The summed E-state index contributed by atoms with van der Waals surface area (Å²) in [6.07, 6.45) is 0. The summed E-state index contributed by atoms with van der Waals surface area (Å²) in [5.41, 5.74) is -0.0229. The molecular weight excluding hydrogens is 282 g/mol. The summed E-state index contributed by atoms with van der Waals surface area (Å²) >= 11 is 3.30. The van der Waals surface area contributed by atoms with Crippen molar-refractivity contribution in [3.63, 3.8) is 0 Å². The van der Waals surface area contributed by atoms with Crippen LogP contribution in [0.15, 0.2) is 28.7 Å². The van der Waals surface area contributed by atoms with Crippen LogP contribution in [-0.2, 0) is 0 Å². The number of amides is 1. The Morgan fingerprint density at radius 3 is 2.47 bits per heavy atom. The molecule has 0 aliphatic carbocycles. The molecule has 0 radical (unpaired) electrons. The molecule has 2 N–H and O–H groups in total. The Morgan fingerprint density at radius 2 is 2.00 bits per heavy atom. The molecule has 1 aromatic carbocycles. The minimum Gasteiger partial charge on any atom is -0.394 e. The van der Waals surface area contributed by atoms with E-state index in [0.29, 0.717) is 5.56 Å². The predicted octanol–water partition coefficient (Wildman–Crippen LogP) is 2.98. The highest BCUT2D eigenvalue weighted by atomic mass is 79.9. The van der Waals surface area contributed by atoms with Gasteiger partial charge in [0, 0.05) is 10.0 Å². The molecule has 0 saturated carbocycles. The fourth-order valence-electron chi connectivity index (χ4n) is 1.05. The first kappa shape index (κ1) is 16.1. The van der Waals surface area contributed by atoms with Crippen LogP contribution in [-0.4, -0.2) is 23.2 Å². The van der Waals surface area contributed by atoms with Crippen molar-refractivity contribution in [2.45, 2.75) is 33.2 Å². The third kappa shape index (κ3) is 5.84. The van der Waals surface area contributed by atoms with E-state index in [1.54, 1.807) is 32.0 Å². The van der Waals surface area contributed by atoms with Gasteiger partial charge in [-0.2, -0.15) is 0 Å². The quantitative estimate of drug-likeness (QED) is 0.902. The van der Waals surface area contributed by atoms with Crippen LogP contribution in [0, 0.1) is 0 Å². The first-order chi connectivity index (χ1) is 7.94. The van der Waals surface area contributed by atoms with Gasteiger partial charge in [-0.05, 0) is 32.0 Å². The number of hydrogen-bond acceptors (Lipinski definition) is 2. The number of halogens is 1. The number of hydrogen-bond donors (Lipinski definition) is 2. The minimum atomic E-state index is -0.598. The molecule has 0 saturated heterocycles. The van der Waals surface area contributed by atoms with Gasteiger partial charge in [0.25, 0.3) is 5.91 Å². The largest absolute Gasteiger partial charge is 0.394 e. The Morgan fingerprint density at radius 1 is 1.41 bits per heavy atom. The third-order valence-electron chi connectivity index (χ3n) is 1.93. The van der Waals surface area contributed by atoms with E-state index in [1.165, 1.54) is 0 Å². The van der Waals surface area contributed by atoms with Crippen molar-refractivity contribution < 1.29 is 9.90 Å². The van der Waals surface area contributed by atoms with E-state index in [0.717, 1.165) is 4.47 Å². The molecule has 0 spiro atoms.